The monoisotopic (exact) mass is 400 g/mol. The standard InChI is InChI=1S/C12H20N2O8.2K.2H/c13-1-2-14-7(3-8(15)16)12(4-9(17)18,5-10(19)20)6-11(21)22;;;;/h7,14H,1-6,13H2,(H,15,16)(H,17,18)(H,19,20)(H,21,22);;;;/q;2*+1;2*-1. The van der Waals surface area contributed by atoms with Crippen molar-refractivity contribution in [2.45, 2.75) is 31.7 Å². The van der Waals surface area contributed by atoms with Crippen molar-refractivity contribution in [2.75, 3.05) is 13.1 Å². The molecule has 0 spiro atoms. The minimum Gasteiger partial charge on any atom is -1.00 e. The molecule has 0 amide bonds. The van der Waals surface area contributed by atoms with Crippen molar-refractivity contribution in [3.63, 3.8) is 0 Å². The molecule has 0 rings (SSSR count). The molecule has 12 heteroatoms. The molecule has 1 atom stereocenters. The van der Waals surface area contributed by atoms with Gasteiger partial charge in [-0.2, -0.15) is 0 Å². The summed E-state index contributed by atoms with van der Waals surface area (Å²) in [5.74, 6) is -5.53. The molecule has 0 bridgehead atoms. The van der Waals surface area contributed by atoms with E-state index in [1.807, 2.05) is 0 Å². The van der Waals surface area contributed by atoms with E-state index in [1.54, 1.807) is 0 Å². The number of nitrogens with one attached hydrogen (secondary N) is 1. The van der Waals surface area contributed by atoms with E-state index < -0.39 is 61.0 Å². The second-order valence-electron chi connectivity index (χ2n) is 4.97. The number of carbonyl (C=O) groups is 4. The Labute approximate surface area is 226 Å². The minimum atomic E-state index is -1.78. The summed E-state index contributed by atoms with van der Waals surface area (Å²) in [5, 5.41) is 38.6. The van der Waals surface area contributed by atoms with Crippen LogP contribution in [-0.4, -0.2) is 63.4 Å². The van der Waals surface area contributed by atoms with Gasteiger partial charge in [-0.05, 0) is 0 Å². The van der Waals surface area contributed by atoms with Gasteiger partial charge in [0, 0.05) is 24.5 Å². The van der Waals surface area contributed by atoms with Gasteiger partial charge >= 0.3 is 127 Å². The zero-order chi connectivity index (χ0) is 17.3. The van der Waals surface area contributed by atoms with Crippen LogP contribution in [0.1, 0.15) is 28.5 Å². The van der Waals surface area contributed by atoms with Crippen molar-refractivity contribution in [3.8, 4) is 0 Å². The van der Waals surface area contributed by atoms with Gasteiger partial charge in [-0.25, -0.2) is 0 Å². The molecule has 0 heterocycles. The van der Waals surface area contributed by atoms with Crippen LogP contribution in [0.3, 0.4) is 0 Å². The molecular weight excluding hydrogens is 378 g/mol. The number of carboxylic acids is 4. The van der Waals surface area contributed by atoms with E-state index in [2.05, 4.69) is 5.32 Å². The molecule has 7 N–H and O–H groups in total. The van der Waals surface area contributed by atoms with Crippen LogP contribution in [-0.2, 0) is 19.2 Å². The number of rotatable bonds is 12. The van der Waals surface area contributed by atoms with Crippen molar-refractivity contribution in [1.29, 1.82) is 0 Å². The summed E-state index contributed by atoms with van der Waals surface area (Å²) in [4.78, 5) is 44.1. The SMILES string of the molecule is NCCNC(CC(=O)O)C(CC(=O)O)(CC(=O)O)CC(=O)O.[H-].[H-].[K+].[K+]. The molecule has 0 radical (unpaired) electrons. The summed E-state index contributed by atoms with van der Waals surface area (Å²) in [5.41, 5.74) is 3.52. The molecule has 0 aromatic heterocycles. The zero-order valence-electron chi connectivity index (χ0n) is 15.8. The van der Waals surface area contributed by atoms with Crippen LogP contribution in [0.2, 0.25) is 0 Å². The maximum Gasteiger partial charge on any atom is 1.00 e. The van der Waals surface area contributed by atoms with E-state index in [4.69, 9.17) is 26.2 Å². The minimum absolute atomic E-state index is 0. The molecule has 0 saturated carbocycles. The first-order valence-electron chi connectivity index (χ1n) is 6.43. The van der Waals surface area contributed by atoms with Crippen LogP contribution in [0.15, 0.2) is 0 Å². The fourth-order valence-corrected chi connectivity index (χ4v) is 2.40. The van der Waals surface area contributed by atoms with Crippen LogP contribution in [0.5, 0.6) is 0 Å². The second kappa shape index (κ2) is 15.2. The van der Waals surface area contributed by atoms with E-state index in [1.165, 1.54) is 0 Å². The van der Waals surface area contributed by atoms with Gasteiger partial charge < -0.3 is 34.3 Å². The van der Waals surface area contributed by atoms with Crippen molar-refractivity contribution >= 4 is 23.9 Å². The molecule has 0 saturated heterocycles. The quantitative estimate of drug-likeness (QED) is 0.172. The third-order valence-corrected chi connectivity index (χ3v) is 3.16. The third kappa shape index (κ3) is 12.4. The molecule has 0 aliphatic carbocycles. The van der Waals surface area contributed by atoms with Crippen molar-refractivity contribution in [1.82, 2.24) is 5.32 Å². The Morgan fingerprint density at radius 3 is 1.50 bits per heavy atom. The summed E-state index contributed by atoms with van der Waals surface area (Å²) in [6, 6.07) is -1.16. The maximum atomic E-state index is 11.1. The van der Waals surface area contributed by atoms with Gasteiger partial charge in [0.1, 0.15) is 0 Å². The Morgan fingerprint density at radius 1 is 0.875 bits per heavy atom. The largest absolute Gasteiger partial charge is 1.00 e. The summed E-state index contributed by atoms with van der Waals surface area (Å²) in [7, 11) is 0. The average Bonchev–Trinajstić information content (AvgIpc) is 2.30. The number of hydrogen-bond acceptors (Lipinski definition) is 6. The normalized spacial score (nSPS) is 11.5. The molecule has 24 heavy (non-hydrogen) atoms. The Kier molecular flexibility index (Phi) is 18.8. The Balaban J connectivity index is -0.000000367. The maximum absolute atomic E-state index is 11.1. The Bertz CT molecular complexity index is 416. The van der Waals surface area contributed by atoms with Gasteiger partial charge in [0.15, 0.2) is 0 Å². The summed E-state index contributed by atoms with van der Waals surface area (Å²) in [6.45, 7) is 0.192. The van der Waals surface area contributed by atoms with Crippen molar-refractivity contribution in [2.24, 2.45) is 11.1 Å². The van der Waals surface area contributed by atoms with E-state index in [0.29, 0.717) is 0 Å². The summed E-state index contributed by atoms with van der Waals surface area (Å²) >= 11 is 0. The van der Waals surface area contributed by atoms with Gasteiger partial charge in [0.25, 0.3) is 0 Å². The first kappa shape index (κ1) is 29.8. The fourth-order valence-electron chi connectivity index (χ4n) is 2.40. The van der Waals surface area contributed by atoms with Crippen LogP contribution < -0.4 is 114 Å². The van der Waals surface area contributed by atoms with Crippen LogP contribution in [0, 0.1) is 5.41 Å². The van der Waals surface area contributed by atoms with Crippen LogP contribution in [0.4, 0.5) is 0 Å². The molecule has 130 valence electrons. The fraction of sp³-hybridized carbons (Fsp3) is 0.667. The number of aliphatic carboxylic acids is 4. The van der Waals surface area contributed by atoms with Gasteiger partial charge in [-0.15, -0.1) is 0 Å². The Hall–Kier alpha value is 1.07. The third-order valence-electron chi connectivity index (χ3n) is 3.16. The first-order valence-corrected chi connectivity index (χ1v) is 6.43. The molecule has 0 aliphatic rings. The molecule has 1 unspecified atom stereocenters. The molecule has 0 aromatic rings. The molecule has 10 nitrogen and oxygen atoms in total. The summed E-state index contributed by atoms with van der Waals surface area (Å²) < 4.78 is 0. The van der Waals surface area contributed by atoms with E-state index in [-0.39, 0.29) is 119 Å². The molecule has 0 aliphatic heterocycles. The zero-order valence-corrected chi connectivity index (χ0v) is 20.1. The topological polar surface area (TPSA) is 187 Å². The van der Waals surface area contributed by atoms with Crippen LogP contribution in [0.25, 0.3) is 0 Å². The average molecular weight is 401 g/mol. The molecule has 0 aromatic carbocycles. The van der Waals surface area contributed by atoms with Crippen LogP contribution >= 0.6 is 0 Å². The number of hydrogen-bond donors (Lipinski definition) is 6. The molecule has 0 fully saturated rings. The van der Waals surface area contributed by atoms with E-state index >= 15 is 0 Å². The van der Waals surface area contributed by atoms with Gasteiger partial charge in [0.2, 0.25) is 0 Å². The van der Waals surface area contributed by atoms with Gasteiger partial charge in [-0.1, -0.05) is 0 Å². The van der Waals surface area contributed by atoms with Gasteiger partial charge in [0.05, 0.1) is 25.7 Å². The number of nitrogens with two attached hydrogens (primary N) is 1. The second-order valence-corrected chi connectivity index (χ2v) is 4.97. The van der Waals surface area contributed by atoms with Crippen molar-refractivity contribution < 1.29 is 145 Å². The number of carboxylic acid groups (broad SMARTS) is 4. The van der Waals surface area contributed by atoms with Crippen molar-refractivity contribution in [3.05, 3.63) is 0 Å². The smallest absolute Gasteiger partial charge is 1.00 e. The predicted octanol–water partition coefficient (Wildman–Crippen LogP) is -6.98. The predicted molar refractivity (Wildman–Crippen MR) is 74.5 cm³/mol. The van der Waals surface area contributed by atoms with Gasteiger partial charge in [-0.3, -0.25) is 19.2 Å². The van der Waals surface area contributed by atoms with E-state index in [9.17, 15) is 19.2 Å². The van der Waals surface area contributed by atoms with E-state index in [0.717, 1.165) is 0 Å². The summed E-state index contributed by atoms with van der Waals surface area (Å²) in [6.07, 6.45) is -2.99. The first-order chi connectivity index (χ1) is 10.1. The Morgan fingerprint density at radius 2 is 1.25 bits per heavy atom. The molecular formula is C12H22K2N2O8.